The van der Waals surface area contributed by atoms with E-state index >= 15 is 0 Å². The van der Waals surface area contributed by atoms with Crippen molar-refractivity contribution in [3.8, 4) is 0 Å². The van der Waals surface area contributed by atoms with Gasteiger partial charge in [0.05, 0.1) is 0 Å². The molecular weight excluding hydrogens is 224 g/mol. The van der Waals surface area contributed by atoms with Crippen LogP contribution in [0.2, 0.25) is 0 Å². The van der Waals surface area contributed by atoms with Crippen LogP contribution in [0.5, 0.6) is 0 Å². The lowest BCUT2D eigenvalue weighted by atomic mass is 9.98. The lowest BCUT2D eigenvalue weighted by molar-refractivity contribution is 0.196. The number of hydrogen-bond donors (Lipinski definition) is 2. The zero-order valence-electron chi connectivity index (χ0n) is 10.2. The minimum absolute atomic E-state index is 0. The van der Waals surface area contributed by atoms with Crippen LogP contribution in [0.1, 0.15) is 19.8 Å². The topological polar surface area (TPSA) is 35.5 Å². The Balaban J connectivity index is 0.00000128. The van der Waals surface area contributed by atoms with Crippen LogP contribution >= 0.6 is 12.4 Å². The van der Waals surface area contributed by atoms with Gasteiger partial charge in [-0.25, -0.2) is 0 Å². The number of hydrogen-bond acceptors (Lipinski definition) is 3. The van der Waals surface area contributed by atoms with Gasteiger partial charge in [-0.3, -0.25) is 0 Å². The van der Waals surface area contributed by atoms with Crippen molar-refractivity contribution in [3.05, 3.63) is 0 Å². The predicted molar refractivity (Wildman–Crippen MR) is 69.0 cm³/mol. The fraction of sp³-hybridized carbons (Fsp3) is 1.00. The molecule has 2 rings (SSSR count). The molecule has 2 N–H and O–H groups in total. The third kappa shape index (κ3) is 3.59. The van der Waals surface area contributed by atoms with Gasteiger partial charge in [0.1, 0.15) is 0 Å². The number of nitrogens with zero attached hydrogens (tertiary/aromatic N) is 1. The molecule has 96 valence electrons. The highest BCUT2D eigenvalue weighted by Gasteiger charge is 2.30. The summed E-state index contributed by atoms with van der Waals surface area (Å²) in [6, 6.07) is 0. The Bertz CT molecular complexity index is 197. The Kier molecular flexibility index (Phi) is 6.05. The highest BCUT2D eigenvalue weighted by Crippen LogP contribution is 2.24. The summed E-state index contributed by atoms with van der Waals surface area (Å²) in [7, 11) is 0. The molecule has 3 nitrogen and oxygen atoms in total. The molecule has 0 saturated carbocycles. The van der Waals surface area contributed by atoms with E-state index in [-0.39, 0.29) is 12.4 Å². The molecule has 0 aliphatic carbocycles. The third-order valence-corrected chi connectivity index (χ3v) is 4.05. The Morgan fingerprint density at radius 2 is 1.94 bits per heavy atom. The van der Waals surface area contributed by atoms with Gasteiger partial charge >= 0.3 is 0 Å². The fourth-order valence-corrected chi connectivity index (χ4v) is 2.96. The minimum Gasteiger partial charge on any atom is -0.396 e. The van der Waals surface area contributed by atoms with Crippen LogP contribution in [0.3, 0.4) is 0 Å². The summed E-state index contributed by atoms with van der Waals surface area (Å²) in [6.07, 6.45) is 2.66. The second kappa shape index (κ2) is 6.80. The van der Waals surface area contributed by atoms with Crippen LogP contribution in [-0.4, -0.2) is 49.3 Å². The minimum atomic E-state index is 0. The van der Waals surface area contributed by atoms with Crippen LogP contribution in [0.25, 0.3) is 0 Å². The van der Waals surface area contributed by atoms with Gasteiger partial charge in [0, 0.05) is 26.2 Å². The monoisotopic (exact) mass is 248 g/mol. The normalized spacial score (nSPS) is 32.6. The van der Waals surface area contributed by atoms with Crippen molar-refractivity contribution in [2.45, 2.75) is 19.8 Å². The van der Waals surface area contributed by atoms with E-state index < -0.39 is 0 Å². The third-order valence-electron chi connectivity index (χ3n) is 4.05. The second-order valence-electron chi connectivity index (χ2n) is 5.33. The first-order chi connectivity index (χ1) is 7.29. The van der Waals surface area contributed by atoms with Crippen LogP contribution < -0.4 is 5.32 Å². The lowest BCUT2D eigenvalue weighted by Crippen LogP contribution is -2.35. The Hall–Kier alpha value is 0.170. The van der Waals surface area contributed by atoms with E-state index in [4.69, 9.17) is 0 Å². The first-order valence-electron chi connectivity index (χ1n) is 6.33. The Morgan fingerprint density at radius 1 is 1.25 bits per heavy atom. The largest absolute Gasteiger partial charge is 0.396 e. The van der Waals surface area contributed by atoms with Crippen LogP contribution in [0.4, 0.5) is 0 Å². The fourth-order valence-electron chi connectivity index (χ4n) is 2.96. The van der Waals surface area contributed by atoms with Crippen LogP contribution in [0, 0.1) is 17.8 Å². The van der Waals surface area contributed by atoms with Gasteiger partial charge in [-0.05, 0) is 43.7 Å². The number of aliphatic hydroxyl groups is 1. The zero-order valence-corrected chi connectivity index (χ0v) is 11.0. The van der Waals surface area contributed by atoms with Gasteiger partial charge in [-0.2, -0.15) is 0 Å². The summed E-state index contributed by atoms with van der Waals surface area (Å²) < 4.78 is 0. The van der Waals surface area contributed by atoms with Crippen molar-refractivity contribution < 1.29 is 5.11 Å². The molecule has 0 aromatic carbocycles. The number of likely N-dealkylation sites (tertiary alicyclic amines) is 1. The smallest absolute Gasteiger partial charge is 0.0474 e. The van der Waals surface area contributed by atoms with Gasteiger partial charge in [-0.15, -0.1) is 12.4 Å². The molecule has 2 heterocycles. The van der Waals surface area contributed by atoms with E-state index in [1.807, 2.05) is 0 Å². The Labute approximate surface area is 105 Å². The molecule has 2 aliphatic rings. The summed E-state index contributed by atoms with van der Waals surface area (Å²) in [5.41, 5.74) is 0. The average Bonchev–Trinajstić information content (AvgIpc) is 2.60. The molecule has 16 heavy (non-hydrogen) atoms. The summed E-state index contributed by atoms with van der Waals surface area (Å²) in [5, 5.41) is 12.6. The quantitative estimate of drug-likeness (QED) is 0.781. The molecule has 0 spiro atoms. The Morgan fingerprint density at radius 3 is 2.50 bits per heavy atom. The van der Waals surface area contributed by atoms with E-state index in [0.29, 0.717) is 18.4 Å². The molecular formula is C12H25ClN2O. The first kappa shape index (κ1) is 14.2. The van der Waals surface area contributed by atoms with Gasteiger partial charge < -0.3 is 15.3 Å². The maximum atomic E-state index is 9.22. The van der Waals surface area contributed by atoms with Crippen LogP contribution in [-0.2, 0) is 0 Å². The SMILES string of the molecule is C[C@@H]1CN(CC2CCNCC2)C[C@H]1CO.Cl. The van der Waals surface area contributed by atoms with Gasteiger partial charge in [0.25, 0.3) is 0 Å². The highest BCUT2D eigenvalue weighted by atomic mass is 35.5. The molecule has 4 heteroatoms. The van der Waals surface area contributed by atoms with E-state index in [9.17, 15) is 5.11 Å². The average molecular weight is 249 g/mol. The van der Waals surface area contributed by atoms with Gasteiger partial charge in [-0.1, -0.05) is 6.92 Å². The molecule has 2 fully saturated rings. The molecule has 0 aromatic rings. The molecule has 0 amide bonds. The van der Waals surface area contributed by atoms with Crippen molar-refractivity contribution in [2.75, 3.05) is 39.3 Å². The number of nitrogens with one attached hydrogen (secondary N) is 1. The number of aliphatic hydroxyl groups excluding tert-OH is 1. The van der Waals surface area contributed by atoms with Crippen molar-refractivity contribution in [1.82, 2.24) is 10.2 Å². The maximum Gasteiger partial charge on any atom is 0.0474 e. The maximum absolute atomic E-state index is 9.22. The van der Waals surface area contributed by atoms with Crippen molar-refractivity contribution in [1.29, 1.82) is 0 Å². The second-order valence-corrected chi connectivity index (χ2v) is 5.33. The molecule has 0 bridgehead atoms. The first-order valence-corrected chi connectivity index (χ1v) is 6.33. The van der Waals surface area contributed by atoms with E-state index in [2.05, 4.69) is 17.1 Å². The molecule has 2 aliphatic heterocycles. The van der Waals surface area contributed by atoms with E-state index in [0.717, 1.165) is 12.5 Å². The van der Waals surface area contributed by atoms with Crippen molar-refractivity contribution in [2.24, 2.45) is 17.8 Å². The highest BCUT2D eigenvalue weighted by molar-refractivity contribution is 5.85. The molecule has 0 unspecified atom stereocenters. The van der Waals surface area contributed by atoms with E-state index in [1.165, 1.54) is 39.0 Å². The lowest BCUT2D eigenvalue weighted by Gasteiger charge is -2.27. The summed E-state index contributed by atoms with van der Waals surface area (Å²) >= 11 is 0. The van der Waals surface area contributed by atoms with Crippen LogP contribution in [0.15, 0.2) is 0 Å². The van der Waals surface area contributed by atoms with Crippen molar-refractivity contribution in [3.63, 3.8) is 0 Å². The predicted octanol–water partition coefficient (Wildman–Crippen LogP) is 0.968. The number of halogens is 1. The molecule has 0 radical (unpaired) electrons. The van der Waals surface area contributed by atoms with Gasteiger partial charge in [0.2, 0.25) is 0 Å². The molecule has 2 saturated heterocycles. The number of piperidine rings is 1. The zero-order chi connectivity index (χ0) is 10.7. The molecule has 0 aromatic heterocycles. The standard InChI is InChI=1S/C12H24N2O.ClH/c1-10-6-14(8-12(10)9-15)7-11-2-4-13-5-3-11;/h10-13,15H,2-9H2,1H3;1H/t10-,12+;/m1./s1. The summed E-state index contributed by atoms with van der Waals surface area (Å²) in [5.74, 6) is 2.08. The number of rotatable bonds is 3. The molecule has 2 atom stereocenters. The van der Waals surface area contributed by atoms with Crippen molar-refractivity contribution >= 4 is 12.4 Å². The van der Waals surface area contributed by atoms with E-state index in [1.54, 1.807) is 0 Å². The summed E-state index contributed by atoms with van der Waals surface area (Å²) in [6.45, 7) is 8.57. The summed E-state index contributed by atoms with van der Waals surface area (Å²) in [4.78, 5) is 2.56. The van der Waals surface area contributed by atoms with Gasteiger partial charge in [0.15, 0.2) is 0 Å².